The number of fused-ring (bicyclic) bond motifs is 6. The van der Waals surface area contributed by atoms with Crippen LogP contribution in [0.4, 0.5) is 17.1 Å². The Morgan fingerprint density at radius 3 is 1.12 bits per heavy atom. The maximum atomic E-state index is 6.20. The van der Waals surface area contributed by atoms with Crippen LogP contribution in [-0.4, -0.2) is 4.57 Å². The largest absolute Gasteiger partial charge is 0.456 e. The molecule has 13 rings (SSSR count). The van der Waals surface area contributed by atoms with Crippen LogP contribution in [0.15, 0.2) is 271 Å². The van der Waals surface area contributed by atoms with Gasteiger partial charge in [0.05, 0.1) is 11.0 Å². The maximum Gasteiger partial charge on any atom is 0.136 e. The van der Waals surface area contributed by atoms with E-state index < -0.39 is 0 Å². The van der Waals surface area contributed by atoms with Gasteiger partial charge in [-0.25, -0.2) is 0 Å². The topological polar surface area (TPSA) is 21.3 Å². The van der Waals surface area contributed by atoms with Crippen molar-refractivity contribution in [3.8, 4) is 61.3 Å². The molecule has 3 nitrogen and oxygen atoms in total. The summed E-state index contributed by atoms with van der Waals surface area (Å²) in [4.78, 5) is 2.35. The van der Waals surface area contributed by atoms with Crippen molar-refractivity contribution in [2.24, 2.45) is 0 Å². The molecule has 11 aromatic carbocycles. The molecule has 2 heterocycles. The highest BCUT2D eigenvalue weighted by atomic mass is 16.3. The Morgan fingerprint density at radius 2 is 0.623 bits per heavy atom. The number of para-hydroxylation sites is 3. The molecule has 0 spiro atoms. The zero-order valence-electron chi connectivity index (χ0n) is 37.7. The smallest absolute Gasteiger partial charge is 0.136 e. The molecule has 13 aromatic rings. The van der Waals surface area contributed by atoms with Gasteiger partial charge in [-0.2, -0.15) is 0 Å². The number of aromatic nitrogens is 1. The Morgan fingerprint density at radius 1 is 0.261 bits per heavy atom. The van der Waals surface area contributed by atoms with Gasteiger partial charge in [-0.3, -0.25) is 0 Å². The molecule has 0 bridgehead atoms. The van der Waals surface area contributed by atoms with Crippen LogP contribution in [0, 0.1) is 0 Å². The van der Waals surface area contributed by atoms with Crippen molar-refractivity contribution in [1.29, 1.82) is 0 Å². The highest BCUT2D eigenvalue weighted by Crippen LogP contribution is 2.41. The Hall–Kier alpha value is -9.18. The summed E-state index contributed by atoms with van der Waals surface area (Å²) in [7, 11) is 0. The van der Waals surface area contributed by atoms with Crippen molar-refractivity contribution < 1.29 is 4.42 Å². The predicted molar refractivity (Wildman–Crippen MR) is 290 cm³/mol. The van der Waals surface area contributed by atoms with Crippen LogP contribution in [0.2, 0.25) is 0 Å². The van der Waals surface area contributed by atoms with E-state index in [1.54, 1.807) is 0 Å². The van der Waals surface area contributed by atoms with Gasteiger partial charge in [-0.1, -0.05) is 194 Å². The van der Waals surface area contributed by atoms with Crippen LogP contribution in [0.3, 0.4) is 0 Å². The minimum absolute atomic E-state index is 0.907. The van der Waals surface area contributed by atoms with E-state index in [-0.39, 0.29) is 0 Å². The molecule has 0 radical (unpaired) electrons. The van der Waals surface area contributed by atoms with Crippen LogP contribution in [0.25, 0.3) is 105 Å². The van der Waals surface area contributed by atoms with E-state index in [0.29, 0.717) is 0 Å². The molecular weight excluding hydrogens is 837 g/mol. The third-order valence-electron chi connectivity index (χ3n) is 13.7. The zero-order valence-corrected chi connectivity index (χ0v) is 37.7. The lowest BCUT2D eigenvalue weighted by Crippen LogP contribution is -2.09. The fraction of sp³-hybridized carbons (Fsp3) is 0. The highest BCUT2D eigenvalue weighted by Gasteiger charge is 2.17. The molecule has 0 saturated carbocycles. The second-order valence-electron chi connectivity index (χ2n) is 17.7. The normalized spacial score (nSPS) is 11.5. The summed E-state index contributed by atoms with van der Waals surface area (Å²) < 4.78 is 8.57. The Bertz CT molecular complexity index is 3890. The van der Waals surface area contributed by atoms with Gasteiger partial charge in [-0.15, -0.1) is 0 Å². The predicted octanol–water partition coefficient (Wildman–Crippen LogP) is 18.5. The van der Waals surface area contributed by atoms with E-state index in [1.807, 2.05) is 12.1 Å². The molecule has 0 amide bonds. The van der Waals surface area contributed by atoms with E-state index in [9.17, 15) is 0 Å². The summed E-state index contributed by atoms with van der Waals surface area (Å²) in [5, 5.41) is 4.82. The van der Waals surface area contributed by atoms with Crippen molar-refractivity contribution in [3.05, 3.63) is 267 Å². The number of benzene rings is 11. The molecule has 0 fully saturated rings. The van der Waals surface area contributed by atoms with Crippen LogP contribution in [-0.2, 0) is 0 Å². The van der Waals surface area contributed by atoms with Gasteiger partial charge in [0.1, 0.15) is 11.2 Å². The van der Waals surface area contributed by atoms with E-state index in [1.165, 1.54) is 55.2 Å². The molecule has 0 saturated heterocycles. The van der Waals surface area contributed by atoms with Gasteiger partial charge in [0, 0.05) is 44.3 Å². The van der Waals surface area contributed by atoms with Gasteiger partial charge < -0.3 is 13.9 Å². The lowest BCUT2D eigenvalue weighted by Gasteiger charge is -2.26. The zero-order chi connectivity index (χ0) is 45.7. The molecule has 0 N–H and O–H groups in total. The van der Waals surface area contributed by atoms with Crippen molar-refractivity contribution in [2.45, 2.75) is 0 Å². The Labute approximate surface area is 401 Å². The molecular formula is C66H44N2O. The van der Waals surface area contributed by atoms with Crippen molar-refractivity contribution in [3.63, 3.8) is 0 Å². The molecule has 2 aromatic heterocycles. The number of rotatable bonds is 9. The molecule has 0 atom stereocenters. The first-order chi connectivity index (χ1) is 34.2. The molecule has 0 aliphatic carbocycles. The minimum atomic E-state index is 0.907. The quantitative estimate of drug-likeness (QED) is 0.144. The van der Waals surface area contributed by atoms with Gasteiger partial charge in [0.25, 0.3) is 0 Å². The van der Waals surface area contributed by atoms with Crippen molar-refractivity contribution >= 4 is 60.8 Å². The Kier molecular flexibility index (Phi) is 9.84. The van der Waals surface area contributed by atoms with E-state index >= 15 is 0 Å². The summed E-state index contributed by atoms with van der Waals surface area (Å²) in [5.74, 6) is 0. The van der Waals surface area contributed by atoms with Gasteiger partial charge in [0.2, 0.25) is 0 Å². The average molecular weight is 881 g/mol. The fourth-order valence-electron chi connectivity index (χ4n) is 10.2. The lowest BCUT2D eigenvalue weighted by molar-refractivity contribution is 0.669. The van der Waals surface area contributed by atoms with Gasteiger partial charge in [-0.05, 0) is 128 Å². The minimum Gasteiger partial charge on any atom is -0.456 e. The first-order valence-corrected chi connectivity index (χ1v) is 23.6. The first-order valence-electron chi connectivity index (χ1n) is 23.6. The molecule has 3 heteroatoms. The summed E-state index contributed by atoms with van der Waals surface area (Å²) in [6.45, 7) is 0. The second-order valence-corrected chi connectivity index (χ2v) is 17.7. The fourth-order valence-corrected chi connectivity index (χ4v) is 10.2. The molecule has 69 heavy (non-hydrogen) atoms. The summed E-state index contributed by atoms with van der Waals surface area (Å²) in [5.41, 5.74) is 20.4. The number of hydrogen-bond acceptors (Lipinski definition) is 2. The van der Waals surface area contributed by atoms with E-state index in [0.717, 1.165) is 66.9 Å². The highest BCUT2D eigenvalue weighted by molar-refractivity contribution is 6.12. The van der Waals surface area contributed by atoms with E-state index in [2.05, 4.69) is 264 Å². The number of nitrogens with zero attached hydrogens (tertiary/aromatic N) is 2. The van der Waals surface area contributed by atoms with Crippen molar-refractivity contribution in [2.75, 3.05) is 4.90 Å². The maximum absolute atomic E-state index is 6.20. The molecule has 0 unspecified atom stereocenters. The van der Waals surface area contributed by atoms with Crippen LogP contribution < -0.4 is 4.90 Å². The monoisotopic (exact) mass is 880 g/mol. The molecule has 0 aliphatic heterocycles. The third kappa shape index (κ3) is 7.25. The van der Waals surface area contributed by atoms with Crippen molar-refractivity contribution in [1.82, 2.24) is 4.57 Å². The SMILES string of the molecule is c1ccc(-c2ccc(-c3ccc(N(c4ccc(-c5ccc(-c6cccc7oc8ccccc8c67)cc5)cc4)c4ccc(-c5ccc(-n6c7ccccc7c7ccccc76)cc5)cc4)cc3)cc2)cc1. The third-order valence-corrected chi connectivity index (χ3v) is 13.7. The molecule has 0 aliphatic rings. The Balaban J connectivity index is 0.817. The van der Waals surface area contributed by atoms with Crippen LogP contribution in [0.5, 0.6) is 0 Å². The number of furan rings is 1. The van der Waals surface area contributed by atoms with E-state index in [4.69, 9.17) is 4.42 Å². The van der Waals surface area contributed by atoms with Gasteiger partial charge >= 0.3 is 0 Å². The number of anilines is 3. The van der Waals surface area contributed by atoms with Crippen LogP contribution >= 0.6 is 0 Å². The van der Waals surface area contributed by atoms with Gasteiger partial charge in [0.15, 0.2) is 0 Å². The second kappa shape index (κ2) is 16.9. The summed E-state index contributed by atoms with van der Waals surface area (Å²) >= 11 is 0. The summed E-state index contributed by atoms with van der Waals surface area (Å²) in [6, 6.07) is 96.0. The lowest BCUT2D eigenvalue weighted by atomic mass is 9.97. The standard InChI is InChI=1S/C66H44N2O/c1-2-11-45(12-3-1)46-21-23-47(24-22-46)49-29-37-54(38-30-49)67(55-39-31-50(32-40-55)48-25-27-53(28-26-48)58-16-10-20-65-66(58)61-15-6-9-19-64(61)69-65)56-41-33-51(34-42-56)52-35-43-57(44-36-52)68-62-17-7-4-13-59(62)60-14-5-8-18-63(60)68/h1-44H. The van der Waals surface area contributed by atoms with Crippen LogP contribution in [0.1, 0.15) is 0 Å². The number of hydrogen-bond donors (Lipinski definition) is 0. The summed E-state index contributed by atoms with van der Waals surface area (Å²) in [6.07, 6.45) is 0. The molecule has 324 valence electrons. The first kappa shape index (κ1) is 40.1. The average Bonchev–Trinajstić information content (AvgIpc) is 3.98.